The molecule has 23 heavy (non-hydrogen) atoms. The molecule has 7 heteroatoms. The van der Waals surface area contributed by atoms with E-state index in [1.165, 1.54) is 22.9 Å². The van der Waals surface area contributed by atoms with E-state index < -0.39 is 17.6 Å². The van der Waals surface area contributed by atoms with Gasteiger partial charge in [-0.05, 0) is 25.0 Å². The average Bonchev–Trinajstić information content (AvgIpc) is 3.15. The summed E-state index contributed by atoms with van der Waals surface area (Å²) in [5.74, 6) is -0.743. The number of amides is 1. The highest BCUT2D eigenvalue weighted by atomic mass is 19.4. The van der Waals surface area contributed by atoms with E-state index in [0.29, 0.717) is 5.69 Å². The van der Waals surface area contributed by atoms with Gasteiger partial charge in [-0.25, -0.2) is 0 Å². The summed E-state index contributed by atoms with van der Waals surface area (Å²) in [4.78, 5) is 11.4. The largest absolute Gasteiger partial charge is 0.417 e. The number of carbonyl (C=O) groups is 1. The molecular weight excluding hydrogens is 307 g/mol. The molecule has 0 bridgehead atoms. The van der Waals surface area contributed by atoms with E-state index in [2.05, 4.69) is 5.10 Å². The zero-order valence-electron chi connectivity index (χ0n) is 12.3. The standard InChI is InChI=1S/C16H16F3N3O/c17-16(18,19)12-8-4-3-7-11(12)14-9-13(15(20)23)21-22(14)10-5-1-2-6-10/h3-4,7-10H,1-2,5-6H2,(H2,20,23). The van der Waals surface area contributed by atoms with Crippen molar-refractivity contribution in [2.45, 2.75) is 37.9 Å². The molecular formula is C16H16F3N3O. The minimum absolute atomic E-state index is 0.000565. The molecule has 0 radical (unpaired) electrons. The number of aromatic nitrogens is 2. The van der Waals surface area contributed by atoms with E-state index in [1.54, 1.807) is 6.07 Å². The average molecular weight is 323 g/mol. The van der Waals surface area contributed by atoms with Crippen LogP contribution in [0.4, 0.5) is 13.2 Å². The van der Waals surface area contributed by atoms with Crippen molar-refractivity contribution in [3.63, 3.8) is 0 Å². The van der Waals surface area contributed by atoms with E-state index in [-0.39, 0.29) is 17.3 Å². The number of carbonyl (C=O) groups excluding carboxylic acids is 1. The Hall–Kier alpha value is -2.31. The molecule has 0 atom stereocenters. The van der Waals surface area contributed by atoms with Crippen molar-refractivity contribution in [2.75, 3.05) is 0 Å². The van der Waals surface area contributed by atoms with Crippen LogP contribution in [-0.2, 0) is 6.18 Å². The summed E-state index contributed by atoms with van der Waals surface area (Å²) in [6.45, 7) is 0. The number of primary amides is 1. The Bertz CT molecular complexity index is 730. The Balaban J connectivity index is 2.18. The lowest BCUT2D eigenvalue weighted by molar-refractivity contribution is -0.137. The topological polar surface area (TPSA) is 60.9 Å². The van der Waals surface area contributed by atoms with Crippen molar-refractivity contribution in [1.29, 1.82) is 0 Å². The SMILES string of the molecule is NC(=O)c1cc(-c2ccccc2C(F)(F)F)n(C2CCCC2)n1. The van der Waals surface area contributed by atoms with Gasteiger partial charge in [-0.15, -0.1) is 0 Å². The van der Waals surface area contributed by atoms with Crippen molar-refractivity contribution in [3.8, 4) is 11.3 Å². The van der Waals surface area contributed by atoms with Gasteiger partial charge in [0.1, 0.15) is 0 Å². The summed E-state index contributed by atoms with van der Waals surface area (Å²) in [6, 6.07) is 6.67. The van der Waals surface area contributed by atoms with Gasteiger partial charge in [0.15, 0.2) is 5.69 Å². The van der Waals surface area contributed by atoms with Crippen LogP contribution in [0.15, 0.2) is 30.3 Å². The van der Waals surface area contributed by atoms with Gasteiger partial charge >= 0.3 is 6.18 Å². The zero-order valence-corrected chi connectivity index (χ0v) is 12.3. The minimum Gasteiger partial charge on any atom is -0.364 e. The van der Waals surface area contributed by atoms with Crippen molar-refractivity contribution in [1.82, 2.24) is 9.78 Å². The Morgan fingerprint density at radius 3 is 2.48 bits per heavy atom. The number of rotatable bonds is 3. The molecule has 122 valence electrons. The summed E-state index contributed by atoms with van der Waals surface area (Å²) in [7, 11) is 0. The molecule has 1 aliphatic rings. The fourth-order valence-electron chi connectivity index (χ4n) is 3.10. The van der Waals surface area contributed by atoms with Crippen LogP contribution in [0, 0.1) is 0 Å². The van der Waals surface area contributed by atoms with Crippen molar-refractivity contribution in [3.05, 3.63) is 41.6 Å². The van der Waals surface area contributed by atoms with Crippen LogP contribution in [-0.4, -0.2) is 15.7 Å². The monoisotopic (exact) mass is 323 g/mol. The highest BCUT2D eigenvalue weighted by Crippen LogP contribution is 2.39. The first-order chi connectivity index (χ1) is 10.9. The van der Waals surface area contributed by atoms with Crippen LogP contribution in [0.25, 0.3) is 11.3 Å². The van der Waals surface area contributed by atoms with Gasteiger partial charge in [0.25, 0.3) is 5.91 Å². The van der Waals surface area contributed by atoms with Crippen molar-refractivity contribution < 1.29 is 18.0 Å². The van der Waals surface area contributed by atoms with Gasteiger partial charge in [0, 0.05) is 5.56 Å². The Labute approximate surface area is 131 Å². The van der Waals surface area contributed by atoms with Crippen LogP contribution in [0.2, 0.25) is 0 Å². The van der Waals surface area contributed by atoms with E-state index in [9.17, 15) is 18.0 Å². The van der Waals surface area contributed by atoms with Crippen LogP contribution < -0.4 is 5.73 Å². The molecule has 3 rings (SSSR count). The Morgan fingerprint density at radius 1 is 1.22 bits per heavy atom. The van der Waals surface area contributed by atoms with Gasteiger partial charge in [0.2, 0.25) is 0 Å². The lowest BCUT2D eigenvalue weighted by Crippen LogP contribution is -2.14. The number of hydrogen-bond donors (Lipinski definition) is 1. The first kappa shape index (κ1) is 15.6. The lowest BCUT2D eigenvalue weighted by Gasteiger charge is -2.17. The third kappa shape index (κ3) is 2.95. The van der Waals surface area contributed by atoms with Gasteiger partial charge in [-0.1, -0.05) is 31.0 Å². The van der Waals surface area contributed by atoms with Crippen LogP contribution in [0.5, 0.6) is 0 Å². The molecule has 1 saturated carbocycles. The molecule has 0 unspecified atom stereocenters. The summed E-state index contributed by atoms with van der Waals surface area (Å²) in [5, 5.41) is 4.17. The van der Waals surface area contributed by atoms with E-state index in [4.69, 9.17) is 5.73 Å². The normalized spacial score (nSPS) is 16.0. The lowest BCUT2D eigenvalue weighted by atomic mass is 10.0. The zero-order chi connectivity index (χ0) is 16.6. The predicted octanol–water partition coefficient (Wildman–Crippen LogP) is 3.78. The minimum atomic E-state index is -4.48. The maximum atomic E-state index is 13.3. The quantitative estimate of drug-likeness (QED) is 0.934. The second-order valence-corrected chi connectivity index (χ2v) is 5.71. The van der Waals surface area contributed by atoms with Crippen molar-refractivity contribution >= 4 is 5.91 Å². The van der Waals surface area contributed by atoms with E-state index >= 15 is 0 Å². The number of nitrogens with two attached hydrogens (primary N) is 1. The molecule has 0 aliphatic heterocycles. The molecule has 1 fully saturated rings. The summed E-state index contributed by atoms with van der Waals surface area (Å²) < 4.78 is 41.4. The summed E-state index contributed by atoms with van der Waals surface area (Å²) in [5.41, 5.74) is 4.82. The molecule has 0 spiro atoms. The highest BCUT2D eigenvalue weighted by Gasteiger charge is 2.35. The smallest absolute Gasteiger partial charge is 0.364 e. The Kier molecular flexibility index (Phi) is 3.87. The third-order valence-electron chi connectivity index (χ3n) is 4.17. The maximum absolute atomic E-state index is 13.3. The fraction of sp³-hybridized carbons (Fsp3) is 0.375. The van der Waals surface area contributed by atoms with E-state index in [0.717, 1.165) is 31.7 Å². The molecule has 1 aliphatic carbocycles. The number of benzene rings is 1. The molecule has 1 amide bonds. The first-order valence-corrected chi connectivity index (χ1v) is 7.44. The summed E-state index contributed by atoms with van der Waals surface area (Å²) >= 11 is 0. The third-order valence-corrected chi connectivity index (χ3v) is 4.17. The van der Waals surface area contributed by atoms with E-state index in [1.807, 2.05) is 0 Å². The molecule has 0 saturated heterocycles. The molecule has 4 nitrogen and oxygen atoms in total. The van der Waals surface area contributed by atoms with Crippen molar-refractivity contribution in [2.24, 2.45) is 5.73 Å². The molecule has 1 aromatic heterocycles. The Morgan fingerprint density at radius 2 is 1.87 bits per heavy atom. The molecule has 2 N–H and O–H groups in total. The summed E-state index contributed by atoms with van der Waals surface area (Å²) in [6.07, 6.45) is -0.816. The second kappa shape index (κ2) is 5.72. The van der Waals surface area contributed by atoms with Gasteiger partial charge in [-0.2, -0.15) is 18.3 Å². The predicted molar refractivity (Wildman–Crippen MR) is 78.7 cm³/mol. The molecule has 2 aromatic rings. The van der Waals surface area contributed by atoms with Gasteiger partial charge in [0.05, 0.1) is 17.3 Å². The first-order valence-electron chi connectivity index (χ1n) is 7.44. The van der Waals surface area contributed by atoms with Crippen LogP contribution >= 0.6 is 0 Å². The fourth-order valence-corrected chi connectivity index (χ4v) is 3.10. The number of hydrogen-bond acceptors (Lipinski definition) is 2. The molecule has 1 aromatic carbocycles. The van der Waals surface area contributed by atoms with Crippen LogP contribution in [0.3, 0.4) is 0 Å². The number of halogens is 3. The van der Waals surface area contributed by atoms with Gasteiger partial charge < -0.3 is 5.73 Å². The second-order valence-electron chi connectivity index (χ2n) is 5.71. The number of nitrogens with zero attached hydrogens (tertiary/aromatic N) is 2. The number of alkyl halides is 3. The molecule has 1 heterocycles. The van der Waals surface area contributed by atoms with Gasteiger partial charge in [-0.3, -0.25) is 9.48 Å². The highest BCUT2D eigenvalue weighted by molar-refractivity contribution is 5.92. The van der Waals surface area contributed by atoms with Crippen LogP contribution in [0.1, 0.15) is 47.8 Å². The maximum Gasteiger partial charge on any atom is 0.417 e.